The first-order valence-electron chi connectivity index (χ1n) is 13.2. The summed E-state index contributed by atoms with van der Waals surface area (Å²) in [5.74, 6) is -3.74. The smallest absolute Gasteiger partial charge is 0.408 e. The SMILES string of the molecule is C[C@H](NC(=O)OCc1ccccc1)C(=O)N[C@@H](C)C(=O)NN(CC(N)=O)C(=O)/C=C/C(=O)N1CCc2ccccc2C1. The number of carbonyl (C=O) groups is 6. The number of hydrazine groups is 1. The number of hydrogen-bond acceptors (Lipinski definition) is 7. The zero-order valence-electron chi connectivity index (χ0n) is 23.4. The van der Waals surface area contributed by atoms with Crippen molar-refractivity contribution in [3.8, 4) is 0 Å². The Morgan fingerprint density at radius 2 is 1.55 bits per heavy atom. The van der Waals surface area contributed by atoms with Crippen molar-refractivity contribution in [1.82, 2.24) is 26.0 Å². The second-order valence-corrected chi connectivity index (χ2v) is 9.64. The van der Waals surface area contributed by atoms with Gasteiger partial charge in [0.25, 0.3) is 11.8 Å². The number of nitrogens with zero attached hydrogens (tertiary/aromatic N) is 2. The largest absolute Gasteiger partial charge is 0.445 e. The van der Waals surface area contributed by atoms with Gasteiger partial charge < -0.3 is 26.0 Å². The number of alkyl carbamates (subject to hydrolysis) is 1. The highest BCUT2D eigenvalue weighted by Crippen LogP contribution is 2.18. The van der Waals surface area contributed by atoms with E-state index >= 15 is 0 Å². The van der Waals surface area contributed by atoms with Gasteiger partial charge in [-0.25, -0.2) is 9.80 Å². The van der Waals surface area contributed by atoms with Crippen molar-refractivity contribution in [3.05, 3.63) is 83.4 Å². The Balaban J connectivity index is 1.50. The first-order chi connectivity index (χ1) is 20.0. The second-order valence-electron chi connectivity index (χ2n) is 9.64. The summed E-state index contributed by atoms with van der Waals surface area (Å²) in [6, 6.07) is 14.5. The molecule has 13 nitrogen and oxygen atoms in total. The highest BCUT2D eigenvalue weighted by molar-refractivity contribution is 5.99. The van der Waals surface area contributed by atoms with Crippen LogP contribution in [0.5, 0.6) is 0 Å². The molecule has 222 valence electrons. The van der Waals surface area contributed by atoms with E-state index in [1.165, 1.54) is 13.8 Å². The van der Waals surface area contributed by atoms with Gasteiger partial charge in [-0.3, -0.25) is 29.4 Å². The van der Waals surface area contributed by atoms with Gasteiger partial charge in [-0.15, -0.1) is 0 Å². The van der Waals surface area contributed by atoms with E-state index in [1.807, 2.05) is 30.3 Å². The molecule has 0 bridgehead atoms. The van der Waals surface area contributed by atoms with Crippen LogP contribution in [-0.4, -0.2) is 70.7 Å². The second kappa shape index (κ2) is 15.0. The Labute approximate surface area is 243 Å². The van der Waals surface area contributed by atoms with Gasteiger partial charge in [-0.2, -0.15) is 0 Å². The number of hydrogen-bond donors (Lipinski definition) is 4. The minimum Gasteiger partial charge on any atom is -0.445 e. The van der Waals surface area contributed by atoms with Crippen LogP contribution in [-0.2, 0) is 48.3 Å². The summed E-state index contributed by atoms with van der Waals surface area (Å²) >= 11 is 0. The topological polar surface area (TPSA) is 180 Å². The lowest BCUT2D eigenvalue weighted by atomic mass is 10.00. The summed E-state index contributed by atoms with van der Waals surface area (Å²) in [7, 11) is 0. The van der Waals surface area contributed by atoms with Gasteiger partial charge in [-0.05, 0) is 37.0 Å². The molecule has 1 aliphatic rings. The van der Waals surface area contributed by atoms with E-state index in [0.29, 0.717) is 24.5 Å². The van der Waals surface area contributed by atoms with Crippen LogP contribution >= 0.6 is 0 Å². The van der Waals surface area contributed by atoms with E-state index in [0.717, 1.165) is 28.8 Å². The van der Waals surface area contributed by atoms with Crippen molar-refractivity contribution in [2.75, 3.05) is 13.1 Å². The normalized spacial score (nSPS) is 13.7. The predicted molar refractivity (Wildman–Crippen MR) is 151 cm³/mol. The fraction of sp³-hybridized carbons (Fsp3) is 0.310. The molecule has 0 saturated carbocycles. The monoisotopic (exact) mass is 578 g/mol. The van der Waals surface area contributed by atoms with Crippen molar-refractivity contribution in [1.29, 1.82) is 0 Å². The quantitative estimate of drug-likeness (QED) is 0.231. The van der Waals surface area contributed by atoms with Crippen molar-refractivity contribution < 1.29 is 33.5 Å². The number of nitrogens with one attached hydrogen (secondary N) is 3. The van der Waals surface area contributed by atoms with Gasteiger partial charge in [0, 0.05) is 25.2 Å². The summed E-state index contributed by atoms with van der Waals surface area (Å²) in [5.41, 5.74) is 10.4. The maximum absolute atomic E-state index is 12.7. The molecule has 0 radical (unpaired) electrons. The third-order valence-electron chi connectivity index (χ3n) is 6.33. The lowest BCUT2D eigenvalue weighted by Crippen LogP contribution is -2.56. The molecule has 0 spiro atoms. The lowest BCUT2D eigenvalue weighted by molar-refractivity contribution is -0.142. The summed E-state index contributed by atoms with van der Waals surface area (Å²) < 4.78 is 5.08. The van der Waals surface area contributed by atoms with E-state index < -0.39 is 54.3 Å². The van der Waals surface area contributed by atoms with Gasteiger partial charge in [0.05, 0.1) is 0 Å². The molecule has 0 saturated heterocycles. The fourth-order valence-electron chi connectivity index (χ4n) is 3.99. The van der Waals surface area contributed by atoms with Crippen LogP contribution in [0.25, 0.3) is 0 Å². The molecular formula is C29H34N6O7. The van der Waals surface area contributed by atoms with Crippen LogP contribution < -0.4 is 21.8 Å². The van der Waals surface area contributed by atoms with Crippen LogP contribution in [0.15, 0.2) is 66.7 Å². The molecule has 6 amide bonds. The van der Waals surface area contributed by atoms with Crippen LogP contribution in [0, 0.1) is 0 Å². The molecule has 0 aliphatic carbocycles. The number of amides is 6. The van der Waals surface area contributed by atoms with E-state index in [1.54, 1.807) is 29.2 Å². The van der Waals surface area contributed by atoms with Gasteiger partial charge in [-0.1, -0.05) is 54.6 Å². The fourth-order valence-corrected chi connectivity index (χ4v) is 3.99. The average Bonchev–Trinajstić information content (AvgIpc) is 2.98. The molecule has 2 aromatic carbocycles. The van der Waals surface area contributed by atoms with E-state index in [4.69, 9.17) is 10.5 Å². The Bertz CT molecular complexity index is 1350. The first kappa shape index (κ1) is 31.3. The lowest BCUT2D eigenvalue weighted by Gasteiger charge is -2.28. The standard InChI is InChI=1S/C29H34N6O7/c1-19(32-29(41)42-18-21-8-4-3-5-9-21)27(39)31-20(2)28(40)33-35(17-24(30)36)26(38)13-12-25(37)34-15-14-22-10-6-7-11-23(22)16-34/h3-13,19-20H,14-18H2,1-2H3,(H2,30,36)(H,31,39)(H,32,41)(H,33,40)/b13-12+/t19-,20-/m0/s1. The third-order valence-corrected chi connectivity index (χ3v) is 6.33. The summed E-state index contributed by atoms with van der Waals surface area (Å²) in [6.07, 6.45) is 1.85. The number of fused-ring (bicyclic) bond motifs is 1. The molecule has 42 heavy (non-hydrogen) atoms. The number of rotatable bonds is 10. The molecular weight excluding hydrogens is 544 g/mol. The van der Waals surface area contributed by atoms with Crippen molar-refractivity contribution in [3.63, 3.8) is 0 Å². The highest BCUT2D eigenvalue weighted by atomic mass is 16.5. The molecule has 0 aromatic heterocycles. The molecule has 2 atom stereocenters. The predicted octanol–water partition coefficient (Wildman–Crippen LogP) is 0.292. The molecule has 0 unspecified atom stereocenters. The molecule has 1 aliphatic heterocycles. The third kappa shape index (κ3) is 9.47. The number of carbonyl (C=O) groups excluding carboxylic acids is 6. The average molecular weight is 579 g/mol. The molecule has 2 aromatic rings. The highest BCUT2D eigenvalue weighted by Gasteiger charge is 2.25. The number of nitrogens with two attached hydrogens (primary N) is 1. The molecule has 3 rings (SSSR count). The Morgan fingerprint density at radius 3 is 2.24 bits per heavy atom. The molecule has 1 heterocycles. The number of ether oxygens (including phenoxy) is 1. The zero-order chi connectivity index (χ0) is 30.6. The van der Waals surface area contributed by atoms with Crippen LogP contribution in [0.1, 0.15) is 30.5 Å². The summed E-state index contributed by atoms with van der Waals surface area (Å²) in [5, 5.41) is 5.41. The minimum atomic E-state index is -1.18. The minimum absolute atomic E-state index is 0.00950. The number of primary amides is 1. The summed E-state index contributed by atoms with van der Waals surface area (Å²) in [6.45, 7) is 2.95. The van der Waals surface area contributed by atoms with Gasteiger partial charge in [0.15, 0.2) is 0 Å². The maximum atomic E-state index is 12.7. The Morgan fingerprint density at radius 1 is 0.905 bits per heavy atom. The first-order valence-corrected chi connectivity index (χ1v) is 13.2. The van der Waals surface area contributed by atoms with Gasteiger partial charge >= 0.3 is 6.09 Å². The van der Waals surface area contributed by atoms with E-state index in [2.05, 4.69) is 16.1 Å². The van der Waals surface area contributed by atoms with E-state index in [-0.39, 0.29) is 6.61 Å². The van der Waals surface area contributed by atoms with E-state index in [9.17, 15) is 28.8 Å². The van der Waals surface area contributed by atoms with Crippen LogP contribution in [0.4, 0.5) is 4.79 Å². The van der Waals surface area contributed by atoms with Gasteiger partial charge in [0.2, 0.25) is 17.7 Å². The Hall–Kier alpha value is -5.20. The zero-order valence-corrected chi connectivity index (χ0v) is 23.4. The van der Waals surface area contributed by atoms with Crippen molar-refractivity contribution >= 4 is 35.6 Å². The number of benzene rings is 2. The molecule has 13 heteroatoms. The molecule has 5 N–H and O–H groups in total. The molecule has 0 fully saturated rings. The maximum Gasteiger partial charge on any atom is 0.408 e. The van der Waals surface area contributed by atoms with Crippen LogP contribution in [0.3, 0.4) is 0 Å². The van der Waals surface area contributed by atoms with Crippen LogP contribution in [0.2, 0.25) is 0 Å². The summed E-state index contributed by atoms with van der Waals surface area (Å²) in [4.78, 5) is 75.7. The van der Waals surface area contributed by atoms with Crippen molar-refractivity contribution in [2.45, 2.75) is 45.5 Å². The van der Waals surface area contributed by atoms with Gasteiger partial charge in [0.1, 0.15) is 25.2 Å². The Kier molecular flexibility index (Phi) is 11.2. The van der Waals surface area contributed by atoms with Crippen molar-refractivity contribution in [2.24, 2.45) is 5.73 Å².